The molecule has 0 bridgehead atoms. The van der Waals surface area contributed by atoms with E-state index in [1.165, 1.54) is 24.3 Å². The normalized spacial score (nSPS) is 10.6. The monoisotopic (exact) mass is 415 g/mol. The Kier molecular flexibility index (Phi) is 6.11. The van der Waals surface area contributed by atoms with Gasteiger partial charge in [0.2, 0.25) is 0 Å². The minimum Gasteiger partial charge on any atom is -0.462 e. The van der Waals surface area contributed by atoms with Crippen LogP contribution in [0, 0.1) is 20.2 Å². The molecule has 0 saturated carbocycles. The van der Waals surface area contributed by atoms with Gasteiger partial charge in [0.1, 0.15) is 21.4 Å². The van der Waals surface area contributed by atoms with Crippen molar-refractivity contribution in [2.24, 2.45) is 0 Å². The lowest BCUT2D eigenvalue weighted by atomic mass is 10.2. The van der Waals surface area contributed by atoms with E-state index < -0.39 is 27.6 Å². The van der Waals surface area contributed by atoms with Crippen LogP contribution in [0.4, 0.5) is 17.5 Å². The number of hydrogen-bond acceptors (Lipinski definition) is 9. The maximum absolute atomic E-state index is 11.8. The largest absolute Gasteiger partial charge is 0.462 e. The summed E-state index contributed by atoms with van der Waals surface area (Å²) < 4.78 is 15.4. The minimum atomic E-state index is -0.641. The van der Waals surface area contributed by atoms with E-state index in [4.69, 9.17) is 13.6 Å². The van der Waals surface area contributed by atoms with E-state index in [9.17, 15) is 25.0 Å². The van der Waals surface area contributed by atoms with E-state index in [0.29, 0.717) is 22.8 Å². The third kappa shape index (κ3) is 4.82. The number of benzene rings is 1. The molecule has 2 aromatic heterocycles. The fourth-order valence-corrected chi connectivity index (χ4v) is 2.74. The van der Waals surface area contributed by atoms with Crippen LogP contribution in [0.2, 0.25) is 0 Å². The van der Waals surface area contributed by atoms with Crippen molar-refractivity contribution in [3.63, 3.8) is 0 Å². The number of nitrogens with zero attached hydrogens (tertiary/aromatic N) is 3. The van der Waals surface area contributed by atoms with Gasteiger partial charge in [-0.3, -0.25) is 20.2 Å². The van der Waals surface area contributed by atoms with Crippen LogP contribution in [-0.4, -0.2) is 22.4 Å². The van der Waals surface area contributed by atoms with Crippen molar-refractivity contribution < 1.29 is 28.2 Å². The lowest BCUT2D eigenvalue weighted by Crippen LogP contribution is -2.21. The van der Waals surface area contributed by atoms with Crippen molar-refractivity contribution in [2.75, 3.05) is 11.5 Å². The van der Waals surface area contributed by atoms with Gasteiger partial charge in [-0.25, -0.2) is 4.79 Å². The first-order valence-electron chi connectivity index (χ1n) is 8.85. The quantitative estimate of drug-likeness (QED) is 0.287. The molecule has 0 saturated heterocycles. The number of ether oxygens (including phenoxy) is 1. The highest BCUT2D eigenvalue weighted by Gasteiger charge is 2.19. The van der Waals surface area contributed by atoms with Gasteiger partial charge in [0.25, 0.3) is 0 Å². The molecule has 0 atom stereocenters. The maximum atomic E-state index is 11.8. The fraction of sp³-hybridized carbons (Fsp3) is 0.211. The number of rotatable bonds is 9. The van der Waals surface area contributed by atoms with Crippen LogP contribution in [0.3, 0.4) is 0 Å². The van der Waals surface area contributed by atoms with Gasteiger partial charge in [0.05, 0.1) is 37.4 Å². The molecule has 0 N–H and O–H groups in total. The van der Waals surface area contributed by atoms with Crippen LogP contribution in [0.5, 0.6) is 0 Å². The van der Waals surface area contributed by atoms with Crippen LogP contribution in [0.25, 0.3) is 0 Å². The molecule has 11 heteroatoms. The van der Waals surface area contributed by atoms with Gasteiger partial charge in [0.15, 0.2) is 0 Å². The van der Waals surface area contributed by atoms with Crippen molar-refractivity contribution in [1.82, 2.24) is 0 Å². The molecule has 0 amide bonds. The molecule has 156 valence electrons. The van der Waals surface area contributed by atoms with E-state index in [2.05, 4.69) is 0 Å². The lowest BCUT2D eigenvalue weighted by molar-refractivity contribution is -0.402. The number of esters is 1. The zero-order valence-corrected chi connectivity index (χ0v) is 15.8. The van der Waals surface area contributed by atoms with Crippen LogP contribution < -0.4 is 4.90 Å². The molecule has 0 fully saturated rings. The predicted octanol–water partition coefficient (Wildman–Crippen LogP) is 4.07. The van der Waals surface area contributed by atoms with E-state index in [1.807, 2.05) is 0 Å². The minimum absolute atomic E-state index is 0.126. The first kappa shape index (κ1) is 20.6. The molecular formula is C19H17N3O8. The van der Waals surface area contributed by atoms with Gasteiger partial charge < -0.3 is 18.5 Å². The first-order chi connectivity index (χ1) is 14.4. The number of nitro groups is 2. The van der Waals surface area contributed by atoms with Gasteiger partial charge in [-0.2, -0.15) is 0 Å². The molecule has 0 radical (unpaired) electrons. The maximum Gasteiger partial charge on any atom is 0.433 e. The molecule has 30 heavy (non-hydrogen) atoms. The molecule has 3 rings (SSSR count). The number of hydrogen-bond donors (Lipinski definition) is 0. The number of carbonyl (C=O) groups excluding carboxylic acids is 1. The Hall–Kier alpha value is -4.15. The van der Waals surface area contributed by atoms with Crippen LogP contribution in [0.15, 0.2) is 57.4 Å². The van der Waals surface area contributed by atoms with E-state index >= 15 is 0 Å². The molecule has 1 aromatic carbocycles. The molecule has 0 aliphatic rings. The van der Waals surface area contributed by atoms with E-state index in [-0.39, 0.29) is 19.7 Å². The van der Waals surface area contributed by atoms with Crippen molar-refractivity contribution in [3.05, 3.63) is 85.8 Å². The van der Waals surface area contributed by atoms with E-state index in [0.717, 1.165) is 0 Å². The van der Waals surface area contributed by atoms with Crippen molar-refractivity contribution in [1.29, 1.82) is 0 Å². The smallest absolute Gasteiger partial charge is 0.433 e. The zero-order chi connectivity index (χ0) is 21.7. The summed E-state index contributed by atoms with van der Waals surface area (Å²) in [5, 5.41) is 21.7. The average molecular weight is 415 g/mol. The molecule has 3 aromatic rings. The highest BCUT2D eigenvalue weighted by Crippen LogP contribution is 2.25. The Balaban J connectivity index is 1.86. The topological polar surface area (TPSA) is 142 Å². The molecule has 0 spiro atoms. The molecule has 0 aliphatic heterocycles. The molecule has 0 unspecified atom stereocenters. The van der Waals surface area contributed by atoms with E-state index in [1.54, 1.807) is 36.1 Å². The van der Waals surface area contributed by atoms with Gasteiger partial charge >= 0.3 is 17.7 Å². The summed E-state index contributed by atoms with van der Waals surface area (Å²) in [6.07, 6.45) is 0. The highest BCUT2D eigenvalue weighted by atomic mass is 16.7. The second-order valence-corrected chi connectivity index (χ2v) is 6.12. The molecule has 11 nitrogen and oxygen atoms in total. The summed E-state index contributed by atoms with van der Waals surface area (Å²) in [5.74, 6) is -0.610. The Morgan fingerprint density at radius 1 is 0.900 bits per heavy atom. The van der Waals surface area contributed by atoms with Gasteiger partial charge in [-0.05, 0) is 43.3 Å². The van der Waals surface area contributed by atoms with Crippen LogP contribution >= 0.6 is 0 Å². The molecular weight excluding hydrogens is 398 g/mol. The zero-order valence-electron chi connectivity index (χ0n) is 15.8. The number of carbonyl (C=O) groups is 1. The highest BCUT2D eigenvalue weighted by molar-refractivity contribution is 5.89. The Morgan fingerprint density at radius 2 is 1.40 bits per heavy atom. The summed E-state index contributed by atoms with van der Waals surface area (Å²) >= 11 is 0. The first-order valence-corrected chi connectivity index (χ1v) is 8.85. The average Bonchev–Trinajstić information content (AvgIpc) is 3.38. The Bertz CT molecular complexity index is 1000. The standard InChI is InChI=1S/C19H17N3O8/c1-2-28-19(23)13-3-5-14(6-4-13)20(11-15-7-9-17(29-15)21(24)25)12-16-8-10-18(30-16)22(26)27/h3-10H,2,11-12H2,1H3. The molecule has 2 heterocycles. The summed E-state index contributed by atoms with van der Waals surface area (Å²) in [4.78, 5) is 34.0. The summed E-state index contributed by atoms with van der Waals surface area (Å²) in [5.41, 5.74) is 1.00. The van der Waals surface area contributed by atoms with Gasteiger partial charge in [0, 0.05) is 5.69 Å². The lowest BCUT2D eigenvalue weighted by Gasteiger charge is -2.22. The van der Waals surface area contributed by atoms with Crippen LogP contribution in [-0.2, 0) is 17.8 Å². The Labute approximate surface area is 169 Å². The SMILES string of the molecule is CCOC(=O)c1ccc(N(Cc2ccc([N+](=O)[O-])o2)Cc2ccc([N+](=O)[O-])o2)cc1. The van der Waals surface area contributed by atoms with Crippen molar-refractivity contribution >= 4 is 23.4 Å². The summed E-state index contributed by atoms with van der Waals surface area (Å²) in [6, 6.07) is 11.9. The second kappa shape index (κ2) is 8.90. The van der Waals surface area contributed by atoms with Gasteiger partial charge in [-0.1, -0.05) is 0 Å². The Morgan fingerprint density at radius 3 is 1.80 bits per heavy atom. The third-order valence-corrected chi connectivity index (χ3v) is 4.09. The van der Waals surface area contributed by atoms with Crippen LogP contribution in [0.1, 0.15) is 28.8 Å². The number of furan rings is 2. The summed E-state index contributed by atoms with van der Waals surface area (Å²) in [7, 11) is 0. The number of anilines is 1. The predicted molar refractivity (Wildman–Crippen MR) is 103 cm³/mol. The van der Waals surface area contributed by atoms with Crippen molar-refractivity contribution in [2.45, 2.75) is 20.0 Å². The van der Waals surface area contributed by atoms with Crippen molar-refractivity contribution in [3.8, 4) is 0 Å². The fourth-order valence-electron chi connectivity index (χ4n) is 2.74. The third-order valence-electron chi connectivity index (χ3n) is 4.09. The summed E-state index contributed by atoms with van der Waals surface area (Å²) in [6.45, 7) is 2.21. The second-order valence-electron chi connectivity index (χ2n) is 6.12. The van der Waals surface area contributed by atoms with Gasteiger partial charge in [-0.15, -0.1) is 0 Å². The molecule has 0 aliphatic carbocycles.